The van der Waals surface area contributed by atoms with Crippen LogP contribution in [0.3, 0.4) is 0 Å². The van der Waals surface area contributed by atoms with Gasteiger partial charge in [-0.25, -0.2) is 0 Å². The Morgan fingerprint density at radius 1 is 0.818 bits per heavy atom. The highest BCUT2D eigenvalue weighted by Gasteiger charge is 2.27. The maximum Gasteiger partial charge on any atom is 0.243 e. The molecule has 2 heterocycles. The first kappa shape index (κ1) is 22.5. The van der Waals surface area contributed by atoms with Crippen molar-refractivity contribution in [3.05, 3.63) is 72.1 Å². The summed E-state index contributed by atoms with van der Waals surface area (Å²) in [7, 11) is 0. The van der Waals surface area contributed by atoms with E-state index in [2.05, 4.69) is 33.2 Å². The van der Waals surface area contributed by atoms with Crippen molar-refractivity contribution in [3.8, 4) is 0 Å². The van der Waals surface area contributed by atoms with Crippen LogP contribution in [0.15, 0.2) is 60.9 Å². The molecule has 0 aliphatic heterocycles. The molecule has 0 spiro atoms. The van der Waals surface area contributed by atoms with E-state index < -0.39 is 23.9 Å². The molecule has 2 aromatic carbocycles. The van der Waals surface area contributed by atoms with Crippen molar-refractivity contribution < 1.29 is 14.4 Å². The summed E-state index contributed by atoms with van der Waals surface area (Å²) < 4.78 is 0. The second-order valence-corrected chi connectivity index (χ2v) is 8.19. The van der Waals surface area contributed by atoms with Gasteiger partial charge in [-0.05, 0) is 23.3 Å². The molecule has 0 radical (unpaired) electrons. The third-order valence-corrected chi connectivity index (χ3v) is 5.94. The highest BCUT2D eigenvalue weighted by molar-refractivity contribution is 7.81. The summed E-state index contributed by atoms with van der Waals surface area (Å²) in [6, 6.07) is 13.6. The smallest absolute Gasteiger partial charge is 0.243 e. The molecule has 9 heteroatoms. The quantitative estimate of drug-likeness (QED) is 0.212. The molecule has 3 amide bonds. The number of para-hydroxylation sites is 2. The molecule has 4 rings (SSSR count). The molecular formula is C24H25N5O3S. The van der Waals surface area contributed by atoms with Gasteiger partial charge in [-0.1, -0.05) is 36.4 Å². The van der Waals surface area contributed by atoms with Crippen LogP contribution in [-0.4, -0.2) is 45.5 Å². The number of rotatable bonds is 9. The number of aromatic amines is 2. The first-order valence-electron chi connectivity index (χ1n) is 10.6. The monoisotopic (exact) mass is 463 g/mol. The van der Waals surface area contributed by atoms with Crippen molar-refractivity contribution in [1.29, 1.82) is 0 Å². The van der Waals surface area contributed by atoms with Gasteiger partial charge in [0.1, 0.15) is 12.1 Å². The van der Waals surface area contributed by atoms with Crippen LogP contribution in [0.4, 0.5) is 0 Å². The molecule has 0 aliphatic rings. The standard InChI is InChI=1S/C24H25N5O3S/c25-23(31)20(9-14-11-26-18-7-3-1-5-16(14)18)29-24(32)21(28-22(30)13-33)10-15-12-27-19-8-4-2-6-17(15)19/h1-8,11-12,20-21,26-27,33H,9-10,13H2,(H2,25,31)(H,28,30)(H,29,32)/t20-,21-/m0/s1. The lowest BCUT2D eigenvalue weighted by Crippen LogP contribution is -2.54. The Hall–Kier alpha value is -3.72. The molecule has 6 N–H and O–H groups in total. The number of hydrogen-bond acceptors (Lipinski definition) is 4. The largest absolute Gasteiger partial charge is 0.368 e. The molecule has 0 unspecified atom stereocenters. The topological polar surface area (TPSA) is 133 Å². The molecule has 0 saturated carbocycles. The van der Waals surface area contributed by atoms with Crippen LogP contribution in [-0.2, 0) is 27.2 Å². The molecule has 0 aliphatic carbocycles. The second kappa shape index (κ2) is 9.83. The van der Waals surface area contributed by atoms with Crippen molar-refractivity contribution in [3.63, 3.8) is 0 Å². The van der Waals surface area contributed by atoms with Crippen molar-refractivity contribution in [1.82, 2.24) is 20.6 Å². The van der Waals surface area contributed by atoms with E-state index in [0.717, 1.165) is 32.9 Å². The minimum absolute atomic E-state index is 0.0632. The zero-order chi connectivity index (χ0) is 23.4. The molecule has 0 fully saturated rings. The number of thiol groups is 1. The zero-order valence-corrected chi connectivity index (χ0v) is 18.7. The number of benzene rings is 2. The zero-order valence-electron chi connectivity index (χ0n) is 17.8. The number of H-pyrrole nitrogens is 2. The Balaban J connectivity index is 1.54. The van der Waals surface area contributed by atoms with E-state index >= 15 is 0 Å². The minimum atomic E-state index is -0.935. The van der Waals surface area contributed by atoms with E-state index in [1.807, 2.05) is 54.7 Å². The summed E-state index contributed by atoms with van der Waals surface area (Å²) in [5.41, 5.74) is 9.21. The van der Waals surface area contributed by atoms with Gasteiger partial charge < -0.3 is 26.3 Å². The van der Waals surface area contributed by atoms with E-state index in [9.17, 15) is 14.4 Å². The number of hydrogen-bond donors (Lipinski definition) is 6. The van der Waals surface area contributed by atoms with E-state index in [-0.39, 0.29) is 24.5 Å². The van der Waals surface area contributed by atoms with Crippen LogP contribution < -0.4 is 16.4 Å². The average molecular weight is 464 g/mol. The lowest BCUT2D eigenvalue weighted by atomic mass is 10.0. The first-order valence-corrected chi connectivity index (χ1v) is 11.2. The van der Waals surface area contributed by atoms with Gasteiger partial charge in [0.05, 0.1) is 5.75 Å². The number of carbonyl (C=O) groups excluding carboxylic acids is 3. The van der Waals surface area contributed by atoms with Gasteiger partial charge in [0.15, 0.2) is 0 Å². The highest BCUT2D eigenvalue weighted by atomic mass is 32.1. The number of amides is 3. The van der Waals surface area contributed by atoms with E-state index in [1.54, 1.807) is 6.20 Å². The van der Waals surface area contributed by atoms with Gasteiger partial charge in [-0.15, -0.1) is 0 Å². The number of primary amides is 1. The van der Waals surface area contributed by atoms with Gasteiger partial charge in [0, 0.05) is 47.0 Å². The molecule has 170 valence electrons. The normalized spacial score (nSPS) is 13.0. The molecule has 0 saturated heterocycles. The summed E-state index contributed by atoms with van der Waals surface area (Å²) in [5.74, 6) is -1.59. The molecule has 33 heavy (non-hydrogen) atoms. The van der Waals surface area contributed by atoms with Crippen LogP contribution in [0.1, 0.15) is 11.1 Å². The van der Waals surface area contributed by atoms with Gasteiger partial charge in [-0.2, -0.15) is 12.6 Å². The fourth-order valence-electron chi connectivity index (χ4n) is 3.99. The SMILES string of the molecule is NC(=O)[C@H](Cc1c[nH]c2ccccc12)NC(=O)[C@H](Cc1c[nH]c2ccccc12)NC(=O)CS. The van der Waals surface area contributed by atoms with E-state index in [4.69, 9.17) is 5.73 Å². The van der Waals surface area contributed by atoms with Crippen LogP contribution in [0.2, 0.25) is 0 Å². The van der Waals surface area contributed by atoms with Gasteiger partial charge in [-0.3, -0.25) is 14.4 Å². The number of aromatic nitrogens is 2. The van der Waals surface area contributed by atoms with Gasteiger partial charge >= 0.3 is 0 Å². The van der Waals surface area contributed by atoms with Crippen molar-refractivity contribution in [2.45, 2.75) is 24.9 Å². The Labute approximate surface area is 195 Å². The highest BCUT2D eigenvalue weighted by Crippen LogP contribution is 2.21. The third-order valence-electron chi connectivity index (χ3n) is 5.65. The minimum Gasteiger partial charge on any atom is -0.368 e. The van der Waals surface area contributed by atoms with Crippen LogP contribution in [0.25, 0.3) is 21.8 Å². The lowest BCUT2D eigenvalue weighted by molar-refractivity contribution is -0.130. The van der Waals surface area contributed by atoms with Crippen LogP contribution in [0, 0.1) is 0 Å². The maximum absolute atomic E-state index is 13.2. The average Bonchev–Trinajstić information content (AvgIpc) is 3.42. The lowest BCUT2D eigenvalue weighted by Gasteiger charge is -2.22. The fourth-order valence-corrected chi connectivity index (χ4v) is 4.08. The summed E-state index contributed by atoms with van der Waals surface area (Å²) in [6.45, 7) is 0. The number of nitrogens with one attached hydrogen (secondary N) is 4. The number of fused-ring (bicyclic) bond motifs is 2. The third kappa shape index (κ3) is 5.04. The van der Waals surface area contributed by atoms with Gasteiger partial charge in [0.25, 0.3) is 0 Å². The molecule has 0 bridgehead atoms. The Bertz CT molecular complexity index is 1310. The summed E-state index contributed by atoms with van der Waals surface area (Å²) in [4.78, 5) is 43.8. The molecular weight excluding hydrogens is 438 g/mol. The summed E-state index contributed by atoms with van der Waals surface area (Å²) in [5, 5.41) is 7.35. The second-order valence-electron chi connectivity index (χ2n) is 7.87. The maximum atomic E-state index is 13.2. The predicted octanol–water partition coefficient (Wildman–Crippen LogP) is 1.82. The molecule has 2 aromatic heterocycles. The number of nitrogens with two attached hydrogens (primary N) is 1. The summed E-state index contributed by atoms with van der Waals surface area (Å²) in [6.07, 6.45) is 4.09. The van der Waals surface area contributed by atoms with Crippen LogP contribution >= 0.6 is 12.6 Å². The van der Waals surface area contributed by atoms with E-state index in [1.165, 1.54) is 0 Å². The van der Waals surface area contributed by atoms with Gasteiger partial charge in [0.2, 0.25) is 17.7 Å². The first-order chi connectivity index (χ1) is 16.0. The van der Waals surface area contributed by atoms with Crippen molar-refractivity contribution in [2.75, 3.05) is 5.75 Å². The van der Waals surface area contributed by atoms with E-state index in [0.29, 0.717) is 0 Å². The Morgan fingerprint density at radius 2 is 1.33 bits per heavy atom. The van der Waals surface area contributed by atoms with Crippen LogP contribution in [0.5, 0.6) is 0 Å². The Kier molecular flexibility index (Phi) is 6.69. The number of carbonyl (C=O) groups is 3. The van der Waals surface area contributed by atoms with Crippen molar-refractivity contribution >= 4 is 52.2 Å². The fraction of sp³-hybridized carbons (Fsp3) is 0.208. The van der Waals surface area contributed by atoms with Crippen molar-refractivity contribution in [2.24, 2.45) is 5.73 Å². The predicted molar refractivity (Wildman–Crippen MR) is 131 cm³/mol. The molecule has 8 nitrogen and oxygen atoms in total. The Morgan fingerprint density at radius 3 is 1.85 bits per heavy atom. The summed E-state index contributed by atoms with van der Waals surface area (Å²) >= 11 is 4.00. The molecule has 4 aromatic rings. The molecule has 2 atom stereocenters.